The molecule has 1 heterocycles. The first-order valence-corrected chi connectivity index (χ1v) is 8.16. The lowest BCUT2D eigenvalue weighted by Crippen LogP contribution is -2.03. The molecule has 0 saturated carbocycles. The average Bonchev–Trinajstić information content (AvgIpc) is 2.87. The molecule has 0 fully saturated rings. The van der Waals surface area contributed by atoms with Crippen LogP contribution >= 0.6 is 31.9 Å². The molecule has 1 aliphatic rings. The van der Waals surface area contributed by atoms with E-state index in [1.165, 1.54) is 16.7 Å². The van der Waals surface area contributed by atoms with Crippen molar-refractivity contribution < 1.29 is 4.74 Å². The van der Waals surface area contributed by atoms with E-state index in [1.54, 1.807) is 0 Å². The summed E-state index contributed by atoms with van der Waals surface area (Å²) in [6.45, 7) is 3.66. The lowest BCUT2D eigenvalue weighted by molar-refractivity contribution is 0.354. The SMILES string of the molecule is Cc1ccc(Br)cc1NCc1cc(Br)cc2c1OCC2. The molecule has 0 amide bonds. The lowest BCUT2D eigenvalue weighted by Gasteiger charge is -2.13. The fraction of sp³-hybridized carbons (Fsp3) is 0.250. The Morgan fingerprint density at radius 2 is 2.00 bits per heavy atom. The highest BCUT2D eigenvalue weighted by Crippen LogP contribution is 2.33. The predicted octanol–water partition coefficient (Wildman–Crippen LogP) is 5.07. The summed E-state index contributed by atoms with van der Waals surface area (Å²) in [6.07, 6.45) is 0.998. The minimum Gasteiger partial charge on any atom is -0.493 e. The summed E-state index contributed by atoms with van der Waals surface area (Å²) in [5.74, 6) is 1.05. The van der Waals surface area contributed by atoms with Crippen LogP contribution in [0.3, 0.4) is 0 Å². The Balaban J connectivity index is 1.84. The predicted molar refractivity (Wildman–Crippen MR) is 89.5 cm³/mol. The Bertz CT molecular complexity index is 655. The van der Waals surface area contributed by atoms with Crippen molar-refractivity contribution >= 4 is 37.5 Å². The standard InChI is InChI=1S/C16H15Br2NO/c1-10-2-3-13(17)8-15(10)19-9-12-7-14(18)6-11-4-5-20-16(11)12/h2-3,6-8,19H,4-5,9H2,1H3. The zero-order valence-electron chi connectivity index (χ0n) is 11.2. The lowest BCUT2D eigenvalue weighted by atomic mass is 10.1. The van der Waals surface area contributed by atoms with Crippen molar-refractivity contribution in [3.8, 4) is 5.75 Å². The zero-order valence-corrected chi connectivity index (χ0v) is 14.3. The van der Waals surface area contributed by atoms with Gasteiger partial charge >= 0.3 is 0 Å². The molecular weight excluding hydrogens is 382 g/mol. The Labute approximate surface area is 135 Å². The van der Waals surface area contributed by atoms with Crippen LogP contribution in [0.5, 0.6) is 5.75 Å². The molecule has 2 aromatic rings. The van der Waals surface area contributed by atoms with Gasteiger partial charge in [0.2, 0.25) is 0 Å². The summed E-state index contributed by atoms with van der Waals surface area (Å²) < 4.78 is 7.96. The third-order valence-electron chi connectivity index (χ3n) is 3.49. The van der Waals surface area contributed by atoms with E-state index in [9.17, 15) is 0 Å². The normalized spacial score (nSPS) is 12.9. The Morgan fingerprint density at radius 3 is 2.85 bits per heavy atom. The van der Waals surface area contributed by atoms with Crippen molar-refractivity contribution in [2.24, 2.45) is 0 Å². The monoisotopic (exact) mass is 395 g/mol. The Morgan fingerprint density at radius 1 is 1.15 bits per heavy atom. The fourth-order valence-electron chi connectivity index (χ4n) is 2.45. The molecule has 3 rings (SSSR count). The number of rotatable bonds is 3. The maximum absolute atomic E-state index is 5.76. The van der Waals surface area contributed by atoms with Gasteiger partial charge in [-0.15, -0.1) is 0 Å². The molecule has 0 unspecified atom stereocenters. The molecule has 2 nitrogen and oxygen atoms in total. The van der Waals surface area contributed by atoms with E-state index < -0.39 is 0 Å². The van der Waals surface area contributed by atoms with E-state index in [-0.39, 0.29) is 0 Å². The molecule has 2 aromatic carbocycles. The number of benzene rings is 2. The number of ether oxygens (including phenoxy) is 1. The van der Waals surface area contributed by atoms with E-state index >= 15 is 0 Å². The van der Waals surface area contributed by atoms with Crippen molar-refractivity contribution in [2.45, 2.75) is 19.9 Å². The van der Waals surface area contributed by atoms with Crippen LogP contribution < -0.4 is 10.1 Å². The summed E-state index contributed by atoms with van der Waals surface area (Å²) in [5, 5.41) is 3.50. The molecule has 0 aliphatic carbocycles. The quantitative estimate of drug-likeness (QED) is 0.782. The van der Waals surface area contributed by atoms with Crippen LogP contribution in [-0.2, 0) is 13.0 Å². The van der Waals surface area contributed by atoms with Crippen LogP contribution in [0.2, 0.25) is 0 Å². The highest BCUT2D eigenvalue weighted by molar-refractivity contribution is 9.10. The number of hydrogen-bond acceptors (Lipinski definition) is 2. The molecule has 104 valence electrons. The molecule has 0 atom stereocenters. The number of halogens is 2. The van der Waals surface area contributed by atoms with Crippen LogP contribution in [0.4, 0.5) is 5.69 Å². The third kappa shape index (κ3) is 2.86. The third-order valence-corrected chi connectivity index (χ3v) is 4.45. The summed E-state index contributed by atoms with van der Waals surface area (Å²) in [4.78, 5) is 0. The maximum Gasteiger partial charge on any atom is 0.127 e. The van der Waals surface area contributed by atoms with E-state index in [0.29, 0.717) is 0 Å². The molecule has 0 aromatic heterocycles. The molecule has 1 N–H and O–H groups in total. The first kappa shape index (κ1) is 14.0. The van der Waals surface area contributed by atoms with Gasteiger partial charge in [0.15, 0.2) is 0 Å². The van der Waals surface area contributed by atoms with Gasteiger partial charge in [0.05, 0.1) is 6.61 Å². The number of anilines is 1. The second-order valence-corrected chi connectivity index (χ2v) is 6.80. The summed E-state index contributed by atoms with van der Waals surface area (Å²) >= 11 is 7.09. The first-order chi connectivity index (χ1) is 9.63. The molecule has 1 aliphatic heterocycles. The minimum atomic E-state index is 0.763. The van der Waals surface area contributed by atoms with E-state index in [2.05, 4.69) is 74.4 Å². The Hall–Kier alpha value is -1.00. The summed E-state index contributed by atoms with van der Waals surface area (Å²) in [5.41, 5.74) is 4.88. The second-order valence-electron chi connectivity index (χ2n) is 4.96. The van der Waals surface area contributed by atoms with Gasteiger partial charge in [0.1, 0.15) is 5.75 Å². The van der Waals surface area contributed by atoms with E-state index in [4.69, 9.17) is 4.74 Å². The zero-order chi connectivity index (χ0) is 14.1. The second kappa shape index (κ2) is 5.78. The van der Waals surface area contributed by atoms with Gasteiger partial charge in [-0.2, -0.15) is 0 Å². The summed E-state index contributed by atoms with van der Waals surface area (Å²) in [6, 6.07) is 10.5. The van der Waals surface area contributed by atoms with Crippen LogP contribution in [0.1, 0.15) is 16.7 Å². The van der Waals surface area contributed by atoms with Gasteiger partial charge < -0.3 is 10.1 Å². The molecule has 0 saturated heterocycles. The van der Waals surface area contributed by atoms with Crippen LogP contribution in [0.25, 0.3) is 0 Å². The molecule has 0 bridgehead atoms. The van der Waals surface area contributed by atoms with Crippen molar-refractivity contribution in [1.29, 1.82) is 0 Å². The fourth-order valence-corrected chi connectivity index (χ4v) is 3.37. The smallest absolute Gasteiger partial charge is 0.127 e. The minimum absolute atomic E-state index is 0.763. The topological polar surface area (TPSA) is 21.3 Å². The highest BCUT2D eigenvalue weighted by atomic mass is 79.9. The number of hydrogen-bond donors (Lipinski definition) is 1. The van der Waals surface area contributed by atoms with Crippen molar-refractivity contribution in [3.63, 3.8) is 0 Å². The van der Waals surface area contributed by atoms with Gasteiger partial charge in [-0.05, 0) is 42.3 Å². The van der Waals surface area contributed by atoms with Crippen LogP contribution in [0, 0.1) is 6.92 Å². The van der Waals surface area contributed by atoms with Crippen LogP contribution in [-0.4, -0.2) is 6.61 Å². The van der Waals surface area contributed by atoms with Crippen molar-refractivity contribution in [2.75, 3.05) is 11.9 Å². The van der Waals surface area contributed by atoms with E-state index in [0.717, 1.165) is 40.0 Å². The molecule has 0 radical (unpaired) electrons. The van der Waals surface area contributed by atoms with Gasteiger partial charge in [-0.3, -0.25) is 0 Å². The summed E-state index contributed by atoms with van der Waals surface area (Å²) in [7, 11) is 0. The maximum atomic E-state index is 5.76. The van der Waals surface area contributed by atoms with Gasteiger partial charge in [-0.1, -0.05) is 37.9 Å². The molecule has 20 heavy (non-hydrogen) atoms. The Kier molecular flexibility index (Phi) is 4.03. The highest BCUT2D eigenvalue weighted by Gasteiger charge is 2.17. The molecule has 0 spiro atoms. The van der Waals surface area contributed by atoms with Crippen molar-refractivity contribution in [1.82, 2.24) is 0 Å². The van der Waals surface area contributed by atoms with Gasteiger partial charge in [0, 0.05) is 33.2 Å². The number of nitrogens with one attached hydrogen (secondary N) is 1. The van der Waals surface area contributed by atoms with E-state index in [1.807, 2.05) is 0 Å². The van der Waals surface area contributed by atoms with Gasteiger partial charge in [-0.25, -0.2) is 0 Å². The van der Waals surface area contributed by atoms with Gasteiger partial charge in [0.25, 0.3) is 0 Å². The average molecular weight is 397 g/mol. The number of aryl methyl sites for hydroxylation is 1. The largest absolute Gasteiger partial charge is 0.493 e. The first-order valence-electron chi connectivity index (χ1n) is 6.57. The van der Waals surface area contributed by atoms with Crippen molar-refractivity contribution in [3.05, 3.63) is 56.0 Å². The number of fused-ring (bicyclic) bond motifs is 1. The van der Waals surface area contributed by atoms with Crippen LogP contribution in [0.15, 0.2) is 39.3 Å². The molecule has 4 heteroatoms. The molecular formula is C16H15Br2NO.